The maximum atomic E-state index is 12.1. The van der Waals surface area contributed by atoms with Crippen molar-refractivity contribution in [3.8, 4) is 0 Å². The molecule has 2 N–H and O–H groups in total. The Hall–Kier alpha value is -0.860. The molecule has 0 aliphatic rings. The maximum absolute atomic E-state index is 12.1. The summed E-state index contributed by atoms with van der Waals surface area (Å²) in [5.41, 5.74) is 6.60. The number of rotatable bonds is 9. The number of hydrogen-bond donors (Lipinski definition) is 1. The van der Waals surface area contributed by atoms with Crippen molar-refractivity contribution in [2.45, 2.75) is 56.9 Å². The van der Waals surface area contributed by atoms with E-state index in [2.05, 4.69) is 6.92 Å². The lowest BCUT2D eigenvalue weighted by molar-refractivity contribution is 0.0957. The lowest BCUT2D eigenvalue weighted by Crippen LogP contribution is -2.39. The highest BCUT2D eigenvalue weighted by Gasteiger charge is 2.23. The van der Waals surface area contributed by atoms with Crippen LogP contribution in [0.2, 0.25) is 0 Å². The van der Waals surface area contributed by atoms with Crippen LogP contribution in [0.1, 0.15) is 55.8 Å². The molecule has 2 atom stereocenters. The van der Waals surface area contributed by atoms with E-state index in [-0.39, 0.29) is 11.2 Å². The molecule has 106 valence electrons. The highest BCUT2D eigenvalue weighted by atomic mass is 35.5. The van der Waals surface area contributed by atoms with Gasteiger partial charge in [0, 0.05) is 5.56 Å². The van der Waals surface area contributed by atoms with Crippen molar-refractivity contribution in [3.05, 3.63) is 35.9 Å². The van der Waals surface area contributed by atoms with Gasteiger partial charge in [0.05, 0.1) is 11.4 Å². The summed E-state index contributed by atoms with van der Waals surface area (Å²) in [7, 11) is 0. The number of Topliss-reactive ketones (excluding diaryl/α,β-unsaturated/α-hetero) is 1. The van der Waals surface area contributed by atoms with E-state index < -0.39 is 6.04 Å². The van der Waals surface area contributed by atoms with Gasteiger partial charge in [-0.05, 0) is 6.42 Å². The van der Waals surface area contributed by atoms with Crippen LogP contribution in [0.25, 0.3) is 0 Å². The molecule has 0 saturated heterocycles. The van der Waals surface area contributed by atoms with Gasteiger partial charge in [0.15, 0.2) is 5.78 Å². The van der Waals surface area contributed by atoms with E-state index in [4.69, 9.17) is 17.3 Å². The van der Waals surface area contributed by atoms with Crippen LogP contribution in [0.3, 0.4) is 0 Å². The molecule has 3 heteroatoms. The van der Waals surface area contributed by atoms with E-state index in [9.17, 15) is 4.79 Å². The summed E-state index contributed by atoms with van der Waals surface area (Å²) in [6.45, 7) is 2.19. The Morgan fingerprint density at radius 3 is 2.42 bits per heavy atom. The number of carbonyl (C=O) groups is 1. The third kappa shape index (κ3) is 5.75. The number of carbonyl (C=O) groups excluding carboxylic acids is 1. The molecule has 2 unspecified atom stereocenters. The largest absolute Gasteiger partial charge is 0.320 e. The van der Waals surface area contributed by atoms with Gasteiger partial charge in [-0.2, -0.15) is 0 Å². The molecule has 0 heterocycles. The average molecular weight is 282 g/mol. The molecule has 19 heavy (non-hydrogen) atoms. The predicted molar refractivity (Wildman–Crippen MR) is 81.8 cm³/mol. The van der Waals surface area contributed by atoms with Crippen molar-refractivity contribution >= 4 is 17.4 Å². The Balaban J connectivity index is 2.35. The van der Waals surface area contributed by atoms with Crippen LogP contribution in [0, 0.1) is 0 Å². The van der Waals surface area contributed by atoms with Crippen molar-refractivity contribution in [3.63, 3.8) is 0 Å². The smallest absolute Gasteiger partial charge is 0.181 e. The molecule has 0 bridgehead atoms. The molecule has 0 aliphatic carbocycles. The van der Waals surface area contributed by atoms with Crippen LogP contribution in [0.5, 0.6) is 0 Å². The Bertz CT molecular complexity index is 366. The second kappa shape index (κ2) is 9.11. The number of nitrogens with two attached hydrogens (primary N) is 1. The van der Waals surface area contributed by atoms with E-state index in [1.807, 2.05) is 18.2 Å². The van der Waals surface area contributed by atoms with Gasteiger partial charge < -0.3 is 5.73 Å². The lowest BCUT2D eigenvalue weighted by atomic mass is 9.98. The Labute approximate surface area is 121 Å². The molecule has 0 radical (unpaired) electrons. The summed E-state index contributed by atoms with van der Waals surface area (Å²) in [4.78, 5) is 12.1. The monoisotopic (exact) mass is 281 g/mol. The molecular formula is C16H24ClNO. The zero-order valence-electron chi connectivity index (χ0n) is 11.6. The zero-order valence-corrected chi connectivity index (χ0v) is 12.4. The number of alkyl halides is 1. The predicted octanol–water partition coefficient (Wildman–Crippen LogP) is 4.16. The van der Waals surface area contributed by atoms with Crippen molar-refractivity contribution < 1.29 is 4.79 Å². The van der Waals surface area contributed by atoms with Crippen LogP contribution in [-0.2, 0) is 0 Å². The number of unbranched alkanes of at least 4 members (excludes halogenated alkanes) is 4. The fourth-order valence-corrected chi connectivity index (χ4v) is 2.35. The first kappa shape index (κ1) is 16.2. The van der Waals surface area contributed by atoms with Crippen LogP contribution in [-0.4, -0.2) is 17.2 Å². The first-order chi connectivity index (χ1) is 9.16. The third-order valence-electron chi connectivity index (χ3n) is 3.33. The van der Waals surface area contributed by atoms with Gasteiger partial charge >= 0.3 is 0 Å². The van der Waals surface area contributed by atoms with Gasteiger partial charge in [0.25, 0.3) is 0 Å². The Morgan fingerprint density at radius 2 is 1.79 bits per heavy atom. The van der Waals surface area contributed by atoms with Gasteiger partial charge in [-0.3, -0.25) is 4.79 Å². The highest BCUT2D eigenvalue weighted by molar-refractivity contribution is 6.23. The minimum absolute atomic E-state index is 0.0610. The van der Waals surface area contributed by atoms with Crippen molar-refractivity contribution in [2.75, 3.05) is 0 Å². The molecule has 0 amide bonds. The fourth-order valence-electron chi connectivity index (χ4n) is 2.08. The molecule has 2 nitrogen and oxygen atoms in total. The molecule has 0 fully saturated rings. The maximum Gasteiger partial charge on any atom is 0.181 e. The molecule has 1 aromatic rings. The van der Waals surface area contributed by atoms with Gasteiger partial charge in [0.1, 0.15) is 0 Å². The SMILES string of the molecule is CCCCCCCC(Cl)C(N)C(=O)c1ccccc1. The van der Waals surface area contributed by atoms with Crippen LogP contribution >= 0.6 is 11.6 Å². The number of ketones is 1. The number of halogens is 1. The molecule has 1 rings (SSSR count). The minimum atomic E-state index is -0.602. The first-order valence-electron chi connectivity index (χ1n) is 7.15. The fraction of sp³-hybridized carbons (Fsp3) is 0.562. The summed E-state index contributed by atoms with van der Waals surface area (Å²) in [5.74, 6) is -0.0610. The molecular weight excluding hydrogens is 258 g/mol. The molecule has 0 saturated carbocycles. The molecule has 1 aromatic carbocycles. The first-order valence-corrected chi connectivity index (χ1v) is 7.59. The van der Waals surface area contributed by atoms with Crippen LogP contribution in [0.15, 0.2) is 30.3 Å². The van der Waals surface area contributed by atoms with E-state index in [0.29, 0.717) is 5.56 Å². The van der Waals surface area contributed by atoms with Gasteiger partial charge in [-0.1, -0.05) is 69.4 Å². The second-order valence-corrected chi connectivity index (χ2v) is 5.54. The van der Waals surface area contributed by atoms with Gasteiger partial charge in [-0.15, -0.1) is 11.6 Å². The summed E-state index contributed by atoms with van der Waals surface area (Å²) in [5, 5.41) is -0.269. The number of hydrogen-bond acceptors (Lipinski definition) is 2. The quantitative estimate of drug-likeness (QED) is 0.419. The molecule has 0 aromatic heterocycles. The lowest BCUT2D eigenvalue weighted by Gasteiger charge is -2.16. The van der Waals surface area contributed by atoms with E-state index >= 15 is 0 Å². The minimum Gasteiger partial charge on any atom is -0.320 e. The second-order valence-electron chi connectivity index (χ2n) is 4.97. The van der Waals surface area contributed by atoms with Crippen LogP contribution < -0.4 is 5.73 Å². The van der Waals surface area contributed by atoms with E-state index in [1.165, 1.54) is 25.7 Å². The third-order valence-corrected chi connectivity index (χ3v) is 3.82. The molecule has 0 aliphatic heterocycles. The van der Waals surface area contributed by atoms with Crippen molar-refractivity contribution in [1.29, 1.82) is 0 Å². The summed E-state index contributed by atoms with van der Waals surface area (Å²) in [6, 6.07) is 8.53. The van der Waals surface area contributed by atoms with E-state index in [1.54, 1.807) is 12.1 Å². The summed E-state index contributed by atoms with van der Waals surface area (Å²) in [6.07, 6.45) is 6.76. The summed E-state index contributed by atoms with van der Waals surface area (Å²) >= 11 is 6.24. The normalized spacial score (nSPS) is 14.1. The Morgan fingerprint density at radius 1 is 1.16 bits per heavy atom. The zero-order chi connectivity index (χ0) is 14.1. The standard InChI is InChI=1S/C16H24ClNO/c1-2-3-4-5-9-12-14(17)15(18)16(19)13-10-7-6-8-11-13/h6-8,10-11,14-15H,2-5,9,12,18H2,1H3. The molecule has 0 spiro atoms. The van der Waals surface area contributed by atoms with Gasteiger partial charge in [-0.25, -0.2) is 0 Å². The average Bonchev–Trinajstić information content (AvgIpc) is 2.46. The Kier molecular flexibility index (Phi) is 7.76. The highest BCUT2D eigenvalue weighted by Crippen LogP contribution is 2.16. The van der Waals surface area contributed by atoms with Crippen molar-refractivity contribution in [2.24, 2.45) is 5.73 Å². The number of benzene rings is 1. The topological polar surface area (TPSA) is 43.1 Å². The van der Waals surface area contributed by atoms with Crippen LogP contribution in [0.4, 0.5) is 0 Å². The van der Waals surface area contributed by atoms with Crippen molar-refractivity contribution in [1.82, 2.24) is 0 Å². The summed E-state index contributed by atoms with van der Waals surface area (Å²) < 4.78 is 0. The van der Waals surface area contributed by atoms with Gasteiger partial charge in [0.2, 0.25) is 0 Å². The van der Waals surface area contributed by atoms with E-state index in [0.717, 1.165) is 12.8 Å².